The third kappa shape index (κ3) is 4.51. The van der Waals surface area contributed by atoms with Crippen LogP contribution in [0.15, 0.2) is 72.8 Å². The Bertz CT molecular complexity index is 1020. The molecule has 3 aromatic rings. The Morgan fingerprint density at radius 3 is 1.63 bits per heavy atom. The molecule has 3 aromatic carbocycles. The van der Waals surface area contributed by atoms with E-state index < -0.39 is 0 Å². The van der Waals surface area contributed by atoms with E-state index in [1.807, 2.05) is 6.07 Å². The van der Waals surface area contributed by atoms with Gasteiger partial charge in [0.2, 0.25) is 0 Å². The minimum Gasteiger partial charge on any atom is -0.320 e. The standard InChI is InChI=1S/C21H14ClN3O2/c22-17-11-9-16(10-12-17)21(27)25-19-4-2-1-3-18(19)24-20(26)15-7-5-14(13-23)6-8-15/h1-12H,(H,24,26)(H,25,27). The Labute approximate surface area is 161 Å². The van der Waals surface area contributed by atoms with Crippen molar-refractivity contribution < 1.29 is 9.59 Å². The van der Waals surface area contributed by atoms with E-state index in [9.17, 15) is 9.59 Å². The van der Waals surface area contributed by atoms with Crippen LogP contribution in [0.2, 0.25) is 5.02 Å². The monoisotopic (exact) mass is 375 g/mol. The topological polar surface area (TPSA) is 82.0 Å². The van der Waals surface area contributed by atoms with Crippen LogP contribution in [-0.2, 0) is 0 Å². The molecule has 0 fully saturated rings. The zero-order chi connectivity index (χ0) is 19.2. The van der Waals surface area contributed by atoms with Crippen LogP contribution in [0.3, 0.4) is 0 Å². The molecule has 132 valence electrons. The Balaban J connectivity index is 1.77. The predicted octanol–water partition coefficient (Wildman–Crippen LogP) is 4.72. The van der Waals surface area contributed by atoms with Gasteiger partial charge >= 0.3 is 0 Å². The molecule has 0 saturated carbocycles. The van der Waals surface area contributed by atoms with Gasteiger partial charge in [0.25, 0.3) is 11.8 Å². The molecule has 2 amide bonds. The van der Waals surface area contributed by atoms with Crippen LogP contribution in [0.1, 0.15) is 26.3 Å². The summed E-state index contributed by atoms with van der Waals surface area (Å²) in [5.74, 6) is -0.653. The second-order valence-corrected chi connectivity index (χ2v) is 6.09. The van der Waals surface area contributed by atoms with Gasteiger partial charge in [0.1, 0.15) is 0 Å². The van der Waals surface area contributed by atoms with Gasteiger partial charge in [-0.25, -0.2) is 0 Å². The van der Waals surface area contributed by atoms with E-state index >= 15 is 0 Å². The molecule has 0 aliphatic heterocycles. The minimum absolute atomic E-state index is 0.313. The predicted molar refractivity (Wildman–Crippen MR) is 105 cm³/mol. The average Bonchev–Trinajstić information content (AvgIpc) is 2.70. The summed E-state index contributed by atoms with van der Waals surface area (Å²) in [4.78, 5) is 24.8. The van der Waals surface area contributed by atoms with Crippen molar-refractivity contribution in [2.45, 2.75) is 0 Å². The van der Waals surface area contributed by atoms with E-state index in [0.29, 0.717) is 33.1 Å². The number of anilines is 2. The van der Waals surface area contributed by atoms with E-state index in [2.05, 4.69) is 10.6 Å². The molecule has 0 bridgehead atoms. The van der Waals surface area contributed by atoms with Crippen molar-refractivity contribution in [1.29, 1.82) is 5.26 Å². The molecule has 0 saturated heterocycles. The molecule has 0 atom stereocenters. The van der Waals surface area contributed by atoms with E-state index in [1.54, 1.807) is 72.8 Å². The van der Waals surface area contributed by atoms with Crippen LogP contribution in [0.5, 0.6) is 0 Å². The number of halogens is 1. The van der Waals surface area contributed by atoms with E-state index in [-0.39, 0.29) is 11.8 Å². The molecule has 2 N–H and O–H groups in total. The largest absolute Gasteiger partial charge is 0.320 e. The SMILES string of the molecule is N#Cc1ccc(C(=O)Nc2ccccc2NC(=O)c2ccc(Cl)cc2)cc1. The number of para-hydroxylation sites is 2. The highest BCUT2D eigenvalue weighted by molar-refractivity contribution is 6.30. The first-order chi connectivity index (χ1) is 13.1. The van der Waals surface area contributed by atoms with E-state index in [0.717, 1.165) is 0 Å². The quantitative estimate of drug-likeness (QED) is 0.692. The summed E-state index contributed by atoms with van der Waals surface area (Å²) in [6.45, 7) is 0. The van der Waals surface area contributed by atoms with Gasteiger partial charge in [0.15, 0.2) is 0 Å². The summed E-state index contributed by atoms with van der Waals surface area (Å²) in [6.07, 6.45) is 0. The third-order valence-corrected chi connectivity index (χ3v) is 4.06. The molecule has 5 nitrogen and oxygen atoms in total. The molecule has 6 heteroatoms. The fourth-order valence-corrected chi connectivity index (χ4v) is 2.51. The lowest BCUT2D eigenvalue weighted by Gasteiger charge is -2.12. The maximum absolute atomic E-state index is 12.4. The molecular formula is C21H14ClN3O2. The normalized spacial score (nSPS) is 9.93. The Morgan fingerprint density at radius 2 is 1.19 bits per heavy atom. The molecule has 0 aromatic heterocycles. The highest BCUT2D eigenvalue weighted by atomic mass is 35.5. The van der Waals surface area contributed by atoms with Crippen LogP contribution >= 0.6 is 11.6 Å². The van der Waals surface area contributed by atoms with Crippen molar-refractivity contribution in [2.24, 2.45) is 0 Å². The maximum Gasteiger partial charge on any atom is 0.255 e. The van der Waals surface area contributed by atoms with Gasteiger partial charge in [-0.1, -0.05) is 23.7 Å². The number of hydrogen-bond acceptors (Lipinski definition) is 3. The van der Waals surface area contributed by atoms with Gasteiger partial charge in [-0.3, -0.25) is 9.59 Å². The number of nitriles is 1. The number of nitrogens with zero attached hydrogens (tertiary/aromatic N) is 1. The summed E-state index contributed by atoms with van der Waals surface area (Å²) in [5, 5.41) is 14.9. The highest BCUT2D eigenvalue weighted by Gasteiger charge is 2.12. The van der Waals surface area contributed by atoms with Crippen LogP contribution in [0, 0.1) is 11.3 Å². The van der Waals surface area contributed by atoms with E-state index in [4.69, 9.17) is 16.9 Å². The Hall–Kier alpha value is -3.62. The number of carbonyl (C=O) groups is 2. The molecule has 0 aliphatic rings. The van der Waals surface area contributed by atoms with Crippen LogP contribution < -0.4 is 10.6 Å². The van der Waals surface area contributed by atoms with Crippen molar-refractivity contribution in [1.82, 2.24) is 0 Å². The highest BCUT2D eigenvalue weighted by Crippen LogP contribution is 2.23. The fraction of sp³-hybridized carbons (Fsp3) is 0. The first kappa shape index (κ1) is 18.2. The Kier molecular flexibility index (Phi) is 5.50. The number of nitrogens with one attached hydrogen (secondary N) is 2. The lowest BCUT2D eigenvalue weighted by Crippen LogP contribution is -2.16. The van der Waals surface area contributed by atoms with Crippen LogP contribution in [-0.4, -0.2) is 11.8 Å². The van der Waals surface area contributed by atoms with Crippen molar-refractivity contribution in [3.05, 3.63) is 94.5 Å². The average molecular weight is 376 g/mol. The van der Waals surface area contributed by atoms with Crippen LogP contribution in [0.4, 0.5) is 11.4 Å². The molecule has 0 radical (unpaired) electrons. The fourth-order valence-electron chi connectivity index (χ4n) is 2.39. The van der Waals surface area contributed by atoms with Gasteiger partial charge < -0.3 is 10.6 Å². The zero-order valence-electron chi connectivity index (χ0n) is 14.1. The lowest BCUT2D eigenvalue weighted by atomic mass is 10.1. The second-order valence-electron chi connectivity index (χ2n) is 5.65. The Morgan fingerprint density at radius 1 is 0.741 bits per heavy atom. The van der Waals surface area contributed by atoms with Gasteiger partial charge in [-0.2, -0.15) is 5.26 Å². The molecular weight excluding hydrogens is 362 g/mol. The first-order valence-electron chi connectivity index (χ1n) is 8.04. The molecule has 27 heavy (non-hydrogen) atoms. The van der Waals surface area contributed by atoms with Gasteiger partial charge in [-0.15, -0.1) is 0 Å². The first-order valence-corrected chi connectivity index (χ1v) is 8.42. The number of benzene rings is 3. The smallest absolute Gasteiger partial charge is 0.255 e. The van der Waals surface area contributed by atoms with Crippen molar-refractivity contribution in [2.75, 3.05) is 10.6 Å². The summed E-state index contributed by atoms with van der Waals surface area (Å²) < 4.78 is 0. The molecule has 0 aliphatic carbocycles. The third-order valence-electron chi connectivity index (χ3n) is 3.81. The summed E-state index contributed by atoms with van der Waals surface area (Å²) in [7, 11) is 0. The number of carbonyl (C=O) groups excluding carboxylic acids is 2. The minimum atomic E-state index is -0.340. The van der Waals surface area contributed by atoms with Gasteiger partial charge in [0, 0.05) is 16.1 Å². The molecule has 0 spiro atoms. The molecule has 0 heterocycles. The lowest BCUT2D eigenvalue weighted by molar-refractivity contribution is 0.101. The van der Waals surface area contributed by atoms with Crippen molar-refractivity contribution in [3.8, 4) is 6.07 Å². The second kappa shape index (κ2) is 8.17. The molecule has 0 unspecified atom stereocenters. The summed E-state index contributed by atoms with van der Waals surface area (Å²) in [6, 6.07) is 21.7. The number of amides is 2. The van der Waals surface area contributed by atoms with Gasteiger partial charge in [0.05, 0.1) is 23.0 Å². The van der Waals surface area contributed by atoms with Crippen molar-refractivity contribution >= 4 is 34.8 Å². The summed E-state index contributed by atoms with van der Waals surface area (Å²) >= 11 is 5.84. The maximum atomic E-state index is 12.4. The number of hydrogen-bond donors (Lipinski definition) is 2. The number of rotatable bonds is 4. The van der Waals surface area contributed by atoms with Crippen molar-refractivity contribution in [3.63, 3.8) is 0 Å². The van der Waals surface area contributed by atoms with Crippen LogP contribution in [0.25, 0.3) is 0 Å². The zero-order valence-corrected chi connectivity index (χ0v) is 14.8. The van der Waals surface area contributed by atoms with E-state index in [1.165, 1.54) is 0 Å². The summed E-state index contributed by atoms with van der Waals surface area (Å²) in [5.41, 5.74) is 2.27. The molecule has 3 rings (SSSR count). The van der Waals surface area contributed by atoms with Gasteiger partial charge in [-0.05, 0) is 60.7 Å².